The second-order valence-electron chi connectivity index (χ2n) is 7.16. The third-order valence-electron chi connectivity index (χ3n) is 4.53. The van der Waals surface area contributed by atoms with Crippen LogP contribution in [0.2, 0.25) is 0 Å². The summed E-state index contributed by atoms with van der Waals surface area (Å²) < 4.78 is 51.9. The van der Waals surface area contributed by atoms with E-state index in [9.17, 15) is 22.4 Å². The molecule has 2 heterocycles. The number of hydrogen-bond acceptors (Lipinski definition) is 4. The average Bonchev–Trinajstić information content (AvgIpc) is 3.21. The number of nitrogens with one attached hydrogen (secondary N) is 1. The highest BCUT2D eigenvalue weighted by atomic mass is 32.1. The lowest BCUT2D eigenvalue weighted by molar-refractivity contribution is -0.143. The number of benzene rings is 1. The molecule has 0 radical (unpaired) electrons. The first kappa shape index (κ1) is 22.2. The maximum Gasteiger partial charge on any atom is 0.401 e. The van der Waals surface area contributed by atoms with Gasteiger partial charge in [0, 0.05) is 11.9 Å². The largest absolute Gasteiger partial charge is 0.401 e. The number of amides is 1. The van der Waals surface area contributed by atoms with Crippen LogP contribution in [0.15, 0.2) is 30.3 Å². The molecule has 0 atom stereocenters. The third kappa shape index (κ3) is 5.79. The van der Waals surface area contributed by atoms with Crippen molar-refractivity contribution >= 4 is 27.5 Å². The highest BCUT2D eigenvalue weighted by Gasteiger charge is 2.28. The van der Waals surface area contributed by atoms with Crippen LogP contribution >= 0.6 is 11.3 Å². The molecule has 3 aromatic rings. The first-order valence-electron chi connectivity index (χ1n) is 9.37. The number of carbonyl (C=O) groups excluding carboxylic acids is 1. The van der Waals surface area contributed by atoms with Gasteiger partial charge >= 0.3 is 6.18 Å². The molecule has 1 N–H and O–H groups in total. The Morgan fingerprint density at radius 3 is 2.63 bits per heavy atom. The summed E-state index contributed by atoms with van der Waals surface area (Å²) in [5.74, 6) is -0.567. The Morgan fingerprint density at radius 2 is 1.97 bits per heavy atom. The minimum absolute atomic E-state index is 0.234. The van der Waals surface area contributed by atoms with Crippen molar-refractivity contribution in [3.63, 3.8) is 0 Å². The summed E-state index contributed by atoms with van der Waals surface area (Å²) in [6, 6.07) is 7.93. The summed E-state index contributed by atoms with van der Waals surface area (Å²) in [4.78, 5) is 15.0. The first-order valence-corrected chi connectivity index (χ1v) is 10.2. The summed E-state index contributed by atoms with van der Waals surface area (Å²) in [5.41, 5.74) is 1.68. The van der Waals surface area contributed by atoms with Gasteiger partial charge in [0.1, 0.15) is 10.6 Å². The average molecular weight is 442 g/mol. The Hall–Kier alpha value is -2.46. The molecular formula is C20H22F4N4OS. The molecule has 0 aliphatic heterocycles. The minimum Gasteiger partial charge on any atom is -0.351 e. The lowest BCUT2D eigenvalue weighted by Gasteiger charge is -2.18. The van der Waals surface area contributed by atoms with Gasteiger partial charge in [-0.3, -0.25) is 14.4 Å². The van der Waals surface area contributed by atoms with Gasteiger partial charge in [-0.05, 0) is 50.7 Å². The second-order valence-corrected chi connectivity index (χ2v) is 8.19. The van der Waals surface area contributed by atoms with Crippen molar-refractivity contribution in [3.8, 4) is 0 Å². The van der Waals surface area contributed by atoms with E-state index in [1.165, 1.54) is 35.4 Å². The van der Waals surface area contributed by atoms with Gasteiger partial charge in [0.15, 0.2) is 0 Å². The van der Waals surface area contributed by atoms with Crippen LogP contribution in [0.3, 0.4) is 0 Å². The zero-order valence-corrected chi connectivity index (χ0v) is 17.4. The van der Waals surface area contributed by atoms with Crippen LogP contribution in [0.4, 0.5) is 17.6 Å². The number of hydrogen-bond donors (Lipinski definition) is 1. The smallest absolute Gasteiger partial charge is 0.351 e. The van der Waals surface area contributed by atoms with Crippen molar-refractivity contribution in [1.29, 1.82) is 0 Å². The summed E-state index contributed by atoms with van der Waals surface area (Å²) in [7, 11) is 1.40. The van der Waals surface area contributed by atoms with Gasteiger partial charge in [-0.2, -0.15) is 18.3 Å². The molecule has 162 valence electrons. The highest BCUT2D eigenvalue weighted by molar-refractivity contribution is 7.20. The molecule has 2 aromatic heterocycles. The van der Waals surface area contributed by atoms with Crippen molar-refractivity contribution in [2.45, 2.75) is 26.1 Å². The van der Waals surface area contributed by atoms with Crippen molar-refractivity contribution < 1.29 is 22.4 Å². The molecular weight excluding hydrogens is 420 g/mol. The monoisotopic (exact) mass is 442 g/mol. The molecule has 1 aromatic carbocycles. The molecule has 0 fully saturated rings. The third-order valence-corrected chi connectivity index (χ3v) is 5.68. The van der Waals surface area contributed by atoms with Crippen molar-refractivity contribution in [3.05, 3.63) is 52.3 Å². The standard InChI is InChI=1S/C20H22F4N4OS/c1-13-16-10-17(18(29)25-8-3-9-27(2)12-20(22,23)24)30-19(16)28(26-13)11-14-4-6-15(21)7-5-14/h4-7,10H,3,8-9,11-12H2,1-2H3,(H,25,29). The fraction of sp³-hybridized carbons (Fsp3) is 0.400. The van der Waals surface area contributed by atoms with E-state index in [-0.39, 0.29) is 24.8 Å². The number of carbonyl (C=O) groups is 1. The van der Waals surface area contributed by atoms with E-state index >= 15 is 0 Å². The number of nitrogens with zero attached hydrogens (tertiary/aromatic N) is 3. The molecule has 10 heteroatoms. The number of halogens is 4. The molecule has 5 nitrogen and oxygen atoms in total. The maximum atomic E-state index is 13.1. The van der Waals surface area contributed by atoms with Crippen LogP contribution in [-0.4, -0.2) is 53.4 Å². The number of alkyl halides is 3. The highest BCUT2D eigenvalue weighted by Crippen LogP contribution is 2.29. The van der Waals surface area contributed by atoms with E-state index in [4.69, 9.17) is 0 Å². The molecule has 30 heavy (non-hydrogen) atoms. The molecule has 0 saturated heterocycles. The van der Waals surface area contributed by atoms with E-state index < -0.39 is 12.7 Å². The van der Waals surface area contributed by atoms with Crippen LogP contribution in [0.5, 0.6) is 0 Å². The van der Waals surface area contributed by atoms with Gasteiger partial charge in [-0.15, -0.1) is 11.3 Å². The fourth-order valence-corrected chi connectivity index (χ4v) is 4.19. The molecule has 0 saturated carbocycles. The van der Waals surface area contributed by atoms with Crippen LogP contribution in [0.25, 0.3) is 10.2 Å². The van der Waals surface area contributed by atoms with E-state index in [2.05, 4.69) is 10.4 Å². The number of thiophene rings is 1. The Morgan fingerprint density at radius 1 is 1.27 bits per heavy atom. The van der Waals surface area contributed by atoms with Crippen molar-refractivity contribution in [2.24, 2.45) is 0 Å². The minimum atomic E-state index is -4.23. The summed E-state index contributed by atoms with van der Waals surface area (Å²) >= 11 is 1.30. The topological polar surface area (TPSA) is 50.2 Å². The van der Waals surface area contributed by atoms with Gasteiger partial charge in [-0.25, -0.2) is 4.39 Å². The Labute approximate surface area is 175 Å². The van der Waals surface area contributed by atoms with Crippen molar-refractivity contribution in [2.75, 3.05) is 26.7 Å². The van der Waals surface area contributed by atoms with Crippen LogP contribution < -0.4 is 5.32 Å². The molecule has 0 unspecified atom stereocenters. The Kier molecular flexibility index (Phi) is 6.77. The summed E-state index contributed by atoms with van der Waals surface area (Å²) in [6.07, 6.45) is -3.81. The van der Waals surface area contributed by atoms with Crippen LogP contribution in [-0.2, 0) is 6.54 Å². The Balaban J connectivity index is 1.60. The predicted octanol–water partition coefficient (Wildman–Crippen LogP) is 4.21. The molecule has 0 aliphatic rings. The quantitative estimate of drug-likeness (QED) is 0.420. The van der Waals surface area contributed by atoms with Gasteiger partial charge in [-0.1, -0.05) is 12.1 Å². The molecule has 3 rings (SSSR count). The first-order chi connectivity index (χ1) is 14.1. The Bertz CT molecular complexity index is 1010. The molecule has 0 aliphatic carbocycles. The maximum absolute atomic E-state index is 13.1. The van der Waals surface area contributed by atoms with Gasteiger partial charge in [0.05, 0.1) is 23.7 Å². The number of aromatic nitrogens is 2. The van der Waals surface area contributed by atoms with E-state index in [1.807, 2.05) is 6.92 Å². The SMILES string of the molecule is Cc1nn(Cc2ccc(F)cc2)c2sc(C(=O)NCCCN(C)CC(F)(F)F)cc12. The fourth-order valence-electron chi connectivity index (χ4n) is 3.12. The lowest BCUT2D eigenvalue weighted by Crippen LogP contribution is -2.33. The van der Waals surface area contributed by atoms with E-state index in [0.717, 1.165) is 21.5 Å². The van der Waals surface area contributed by atoms with E-state index in [0.29, 0.717) is 17.8 Å². The molecule has 0 bridgehead atoms. The number of rotatable bonds is 8. The predicted molar refractivity (Wildman–Crippen MR) is 108 cm³/mol. The van der Waals surface area contributed by atoms with Gasteiger partial charge in [0.25, 0.3) is 5.91 Å². The molecule has 0 spiro atoms. The van der Waals surface area contributed by atoms with Crippen LogP contribution in [0, 0.1) is 12.7 Å². The summed E-state index contributed by atoms with van der Waals surface area (Å²) in [5, 5.41) is 8.12. The van der Waals surface area contributed by atoms with Gasteiger partial charge in [0.2, 0.25) is 0 Å². The lowest BCUT2D eigenvalue weighted by atomic mass is 10.2. The van der Waals surface area contributed by atoms with Crippen LogP contribution in [0.1, 0.15) is 27.3 Å². The zero-order chi connectivity index (χ0) is 21.9. The van der Waals surface area contributed by atoms with Crippen molar-refractivity contribution in [1.82, 2.24) is 20.0 Å². The molecule has 1 amide bonds. The van der Waals surface area contributed by atoms with E-state index in [1.54, 1.807) is 22.9 Å². The van der Waals surface area contributed by atoms with Gasteiger partial charge < -0.3 is 5.32 Å². The zero-order valence-electron chi connectivity index (χ0n) is 16.6. The normalized spacial score (nSPS) is 12.1. The second kappa shape index (κ2) is 9.13. The number of fused-ring (bicyclic) bond motifs is 1. The summed E-state index contributed by atoms with van der Waals surface area (Å²) in [6.45, 7) is 1.86. The number of aryl methyl sites for hydroxylation is 1.